The minimum atomic E-state index is -0.962. The number of carbonyl (C=O) groups is 3. The summed E-state index contributed by atoms with van der Waals surface area (Å²) in [5, 5.41) is 10.9. The van der Waals surface area contributed by atoms with Crippen molar-refractivity contribution >= 4 is 28.5 Å². The summed E-state index contributed by atoms with van der Waals surface area (Å²) in [5.41, 5.74) is 4.21. The van der Waals surface area contributed by atoms with Crippen molar-refractivity contribution in [3.63, 3.8) is 0 Å². The smallest absolute Gasteiger partial charge is 0.251 e. The number of carbonyl (C=O) groups excluding carboxylic acids is 3. The van der Waals surface area contributed by atoms with Gasteiger partial charge in [0.25, 0.3) is 5.91 Å². The van der Waals surface area contributed by atoms with Crippen molar-refractivity contribution in [2.24, 2.45) is 0 Å². The van der Waals surface area contributed by atoms with E-state index in [2.05, 4.69) is 48.9 Å². The van der Waals surface area contributed by atoms with Crippen LogP contribution in [-0.2, 0) is 28.0 Å². The molecule has 0 heterocycles. The summed E-state index contributed by atoms with van der Waals surface area (Å²) in [4.78, 5) is 41.0. The van der Waals surface area contributed by atoms with Crippen LogP contribution in [0.3, 0.4) is 0 Å². The molecule has 0 aliphatic rings. The Labute approximate surface area is 264 Å². The molecule has 0 saturated carbocycles. The monoisotopic (exact) mass is 597 g/mol. The molecule has 228 valence electrons. The van der Waals surface area contributed by atoms with Crippen LogP contribution in [0.25, 0.3) is 10.8 Å². The topological polar surface area (TPSA) is 87.3 Å². The molecule has 6 heteroatoms. The Morgan fingerprint density at radius 3 is 1.96 bits per heavy atom. The first-order valence-corrected chi connectivity index (χ1v) is 15.2. The molecule has 5 rings (SSSR count). The van der Waals surface area contributed by atoms with Crippen molar-refractivity contribution in [2.75, 3.05) is 0 Å². The Bertz CT molecular complexity index is 1760. The summed E-state index contributed by atoms with van der Waals surface area (Å²) < 4.78 is 0. The van der Waals surface area contributed by atoms with Gasteiger partial charge in [-0.2, -0.15) is 0 Å². The Morgan fingerprint density at radius 1 is 0.644 bits per heavy atom. The molecule has 5 aromatic rings. The minimum Gasteiger partial charge on any atom is -0.350 e. The molecule has 2 atom stereocenters. The number of fused-ring (bicyclic) bond motifs is 1. The molecule has 3 amide bonds. The first kappa shape index (κ1) is 31.2. The van der Waals surface area contributed by atoms with Gasteiger partial charge in [0.05, 0.1) is 0 Å². The SMILES string of the molecule is CC(C)(C)c1ccc(CNC(=O)[C@@H](NC(=O)[C@H](Cc2cccc3ccccc23)NC(=O)c2ccccc2)c2ccccc2)cc1. The molecule has 0 aliphatic carbocycles. The molecular formula is C39H39N3O3. The number of hydrogen-bond acceptors (Lipinski definition) is 3. The van der Waals surface area contributed by atoms with Gasteiger partial charge in [0.2, 0.25) is 11.8 Å². The fraction of sp³-hybridized carbons (Fsp3) is 0.205. The molecule has 0 aromatic heterocycles. The van der Waals surface area contributed by atoms with Crippen molar-refractivity contribution in [2.45, 2.75) is 51.2 Å². The predicted molar refractivity (Wildman–Crippen MR) is 180 cm³/mol. The zero-order valence-electron chi connectivity index (χ0n) is 25.9. The van der Waals surface area contributed by atoms with Crippen molar-refractivity contribution < 1.29 is 14.4 Å². The fourth-order valence-corrected chi connectivity index (χ4v) is 5.33. The molecule has 0 radical (unpaired) electrons. The molecule has 6 nitrogen and oxygen atoms in total. The quantitative estimate of drug-likeness (QED) is 0.168. The van der Waals surface area contributed by atoms with Gasteiger partial charge in [0.15, 0.2) is 0 Å². The molecule has 0 saturated heterocycles. The summed E-state index contributed by atoms with van der Waals surface area (Å²) in [5.74, 6) is -1.16. The van der Waals surface area contributed by atoms with Crippen LogP contribution in [0.2, 0.25) is 0 Å². The highest BCUT2D eigenvalue weighted by molar-refractivity contribution is 5.99. The Morgan fingerprint density at radius 2 is 1.27 bits per heavy atom. The average molecular weight is 598 g/mol. The van der Waals surface area contributed by atoms with Gasteiger partial charge in [0.1, 0.15) is 12.1 Å². The standard InChI is InChI=1S/C39H39N3O3/c1-39(2,3)32-23-21-27(22-24-32)26-40-38(45)35(29-14-6-4-7-15-29)42-37(44)34(41-36(43)30-16-8-5-9-17-30)25-31-19-12-18-28-13-10-11-20-33(28)31/h4-24,34-35H,25-26H2,1-3H3,(H,40,45)(H,41,43)(H,42,44)/t34-,35-/m0/s1. The number of hydrogen-bond donors (Lipinski definition) is 3. The number of rotatable bonds is 10. The van der Waals surface area contributed by atoms with Gasteiger partial charge >= 0.3 is 0 Å². The Hall–Kier alpha value is -5.23. The lowest BCUT2D eigenvalue weighted by Crippen LogP contribution is -2.51. The third-order valence-electron chi connectivity index (χ3n) is 7.93. The zero-order chi connectivity index (χ0) is 31.8. The summed E-state index contributed by atoms with van der Waals surface area (Å²) >= 11 is 0. The fourth-order valence-electron chi connectivity index (χ4n) is 5.33. The van der Waals surface area contributed by atoms with E-state index in [1.165, 1.54) is 5.56 Å². The van der Waals surface area contributed by atoms with Gasteiger partial charge in [-0.05, 0) is 50.6 Å². The summed E-state index contributed by atoms with van der Waals surface area (Å²) in [6.07, 6.45) is 0.245. The molecule has 3 N–H and O–H groups in total. The van der Waals surface area contributed by atoms with E-state index >= 15 is 0 Å². The van der Waals surface area contributed by atoms with E-state index in [1.807, 2.05) is 91.0 Å². The van der Waals surface area contributed by atoms with Gasteiger partial charge < -0.3 is 16.0 Å². The number of benzene rings is 5. The van der Waals surface area contributed by atoms with E-state index in [9.17, 15) is 14.4 Å². The lowest BCUT2D eigenvalue weighted by atomic mass is 9.87. The molecule has 45 heavy (non-hydrogen) atoms. The predicted octanol–water partition coefficient (Wildman–Crippen LogP) is 6.65. The third-order valence-corrected chi connectivity index (χ3v) is 7.93. The van der Waals surface area contributed by atoms with Crippen LogP contribution in [0.1, 0.15) is 59.4 Å². The van der Waals surface area contributed by atoms with Gasteiger partial charge in [-0.3, -0.25) is 14.4 Å². The summed E-state index contributed by atoms with van der Waals surface area (Å²) in [7, 11) is 0. The first-order chi connectivity index (χ1) is 21.7. The molecule has 0 fully saturated rings. The summed E-state index contributed by atoms with van der Waals surface area (Å²) in [6, 6.07) is 38.1. The van der Waals surface area contributed by atoms with E-state index in [1.54, 1.807) is 24.3 Å². The highest BCUT2D eigenvalue weighted by atomic mass is 16.2. The van der Waals surface area contributed by atoms with E-state index in [-0.39, 0.29) is 23.7 Å². The normalized spacial score (nSPS) is 12.6. The van der Waals surface area contributed by atoms with Crippen LogP contribution >= 0.6 is 0 Å². The lowest BCUT2D eigenvalue weighted by Gasteiger charge is -2.24. The van der Waals surface area contributed by atoms with Crippen LogP contribution in [0.4, 0.5) is 0 Å². The number of amides is 3. The molecule has 0 spiro atoms. The van der Waals surface area contributed by atoms with Crippen LogP contribution in [0, 0.1) is 0 Å². The molecule has 5 aromatic carbocycles. The van der Waals surface area contributed by atoms with Crippen LogP contribution < -0.4 is 16.0 Å². The van der Waals surface area contributed by atoms with Crippen molar-refractivity contribution in [3.05, 3.63) is 155 Å². The van der Waals surface area contributed by atoms with Gasteiger partial charge in [0, 0.05) is 18.5 Å². The third kappa shape index (κ3) is 8.03. The second kappa shape index (κ2) is 14.0. The van der Waals surface area contributed by atoms with E-state index < -0.39 is 18.0 Å². The maximum Gasteiger partial charge on any atom is 0.251 e. The molecule has 0 aliphatic heterocycles. The van der Waals surface area contributed by atoms with Crippen molar-refractivity contribution in [1.82, 2.24) is 16.0 Å². The molecular weight excluding hydrogens is 558 g/mol. The van der Waals surface area contributed by atoms with Gasteiger partial charge in [-0.15, -0.1) is 0 Å². The van der Waals surface area contributed by atoms with Gasteiger partial charge in [-0.25, -0.2) is 0 Å². The largest absolute Gasteiger partial charge is 0.350 e. The highest BCUT2D eigenvalue weighted by Crippen LogP contribution is 2.23. The Kier molecular flexibility index (Phi) is 9.73. The van der Waals surface area contributed by atoms with E-state index in [0.717, 1.165) is 21.9 Å². The van der Waals surface area contributed by atoms with Crippen LogP contribution in [-0.4, -0.2) is 23.8 Å². The van der Waals surface area contributed by atoms with Gasteiger partial charge in [-0.1, -0.05) is 136 Å². The van der Waals surface area contributed by atoms with Crippen molar-refractivity contribution in [3.8, 4) is 0 Å². The summed E-state index contributed by atoms with van der Waals surface area (Å²) in [6.45, 7) is 6.79. The maximum atomic E-state index is 14.0. The Balaban J connectivity index is 1.39. The lowest BCUT2D eigenvalue weighted by molar-refractivity contribution is -0.130. The van der Waals surface area contributed by atoms with Crippen molar-refractivity contribution in [1.29, 1.82) is 0 Å². The highest BCUT2D eigenvalue weighted by Gasteiger charge is 2.29. The zero-order valence-corrected chi connectivity index (χ0v) is 25.9. The number of nitrogens with one attached hydrogen (secondary N) is 3. The second-order valence-electron chi connectivity index (χ2n) is 12.3. The van der Waals surface area contributed by atoms with Crippen LogP contribution in [0.15, 0.2) is 127 Å². The minimum absolute atomic E-state index is 0.0307. The van der Waals surface area contributed by atoms with E-state index in [4.69, 9.17) is 0 Å². The second-order valence-corrected chi connectivity index (χ2v) is 12.3. The maximum absolute atomic E-state index is 14.0. The molecule has 0 bridgehead atoms. The molecule has 0 unspecified atom stereocenters. The van der Waals surface area contributed by atoms with E-state index in [0.29, 0.717) is 17.7 Å². The average Bonchev–Trinajstić information content (AvgIpc) is 3.06. The van der Waals surface area contributed by atoms with Crippen LogP contribution in [0.5, 0.6) is 0 Å². The first-order valence-electron chi connectivity index (χ1n) is 15.2.